The van der Waals surface area contributed by atoms with Crippen molar-refractivity contribution in [2.75, 3.05) is 39.3 Å². The van der Waals surface area contributed by atoms with Crippen molar-refractivity contribution in [1.29, 1.82) is 0 Å². The van der Waals surface area contributed by atoms with Gasteiger partial charge in [0.25, 0.3) is 5.91 Å². The van der Waals surface area contributed by atoms with Gasteiger partial charge in [-0.3, -0.25) is 9.59 Å². The number of amides is 3. The van der Waals surface area contributed by atoms with Crippen LogP contribution in [0, 0.1) is 5.82 Å². The predicted molar refractivity (Wildman–Crippen MR) is 143 cm³/mol. The average Bonchev–Trinajstić information content (AvgIpc) is 3.60. The van der Waals surface area contributed by atoms with E-state index in [2.05, 4.69) is 25.7 Å². The smallest absolute Gasteiger partial charge is 0.405 e. The van der Waals surface area contributed by atoms with Crippen LogP contribution in [0.4, 0.5) is 9.18 Å². The van der Waals surface area contributed by atoms with E-state index >= 15 is 0 Å². The molecule has 3 heterocycles. The Bertz CT molecular complexity index is 1330. The molecule has 0 aliphatic carbocycles. The quantitative estimate of drug-likeness (QED) is 0.291. The summed E-state index contributed by atoms with van der Waals surface area (Å²) in [7, 11) is 0. The van der Waals surface area contributed by atoms with Crippen LogP contribution in [0.1, 0.15) is 49.2 Å². The van der Waals surface area contributed by atoms with Crippen LogP contribution in [0.3, 0.4) is 0 Å². The Morgan fingerprint density at radius 3 is 2.71 bits per heavy atom. The van der Waals surface area contributed by atoms with Gasteiger partial charge in [0.05, 0.1) is 18.4 Å². The number of nitrogens with zero attached hydrogens (tertiary/aromatic N) is 4. The number of benzene rings is 1. The van der Waals surface area contributed by atoms with Crippen molar-refractivity contribution in [3.8, 4) is 17.1 Å². The topological polar surface area (TPSA) is 163 Å². The summed E-state index contributed by atoms with van der Waals surface area (Å²) in [6.45, 7) is 7.01. The maximum atomic E-state index is 14.7. The lowest BCUT2D eigenvalue weighted by atomic mass is 10.2. The van der Waals surface area contributed by atoms with Crippen LogP contribution >= 0.6 is 0 Å². The minimum Gasteiger partial charge on any atom is -0.493 e. The number of hydrogen-bond donors (Lipinski definition) is 3. The summed E-state index contributed by atoms with van der Waals surface area (Å²) in [4.78, 5) is 43.9. The fourth-order valence-corrected chi connectivity index (χ4v) is 4.44. The van der Waals surface area contributed by atoms with E-state index in [1.54, 1.807) is 30.0 Å². The van der Waals surface area contributed by atoms with Gasteiger partial charge in [-0.15, -0.1) is 0 Å². The van der Waals surface area contributed by atoms with E-state index in [0.717, 1.165) is 19.5 Å². The van der Waals surface area contributed by atoms with Gasteiger partial charge in [0.2, 0.25) is 17.6 Å². The van der Waals surface area contributed by atoms with Crippen LogP contribution in [0.25, 0.3) is 11.4 Å². The van der Waals surface area contributed by atoms with Crippen molar-refractivity contribution in [2.24, 2.45) is 0 Å². The summed E-state index contributed by atoms with van der Waals surface area (Å²) >= 11 is 0. The van der Waals surface area contributed by atoms with Gasteiger partial charge in [-0.1, -0.05) is 5.16 Å². The molecule has 1 unspecified atom stereocenters. The summed E-state index contributed by atoms with van der Waals surface area (Å²) in [5, 5.41) is 17.4. The standard InChI is InChI=1S/C27H33FN6O7/c1-17(30-27(37)38)25-31-23(32-41-25)20-8-7-19(16-21(20)28)39-15-5-10-33-9-4-11-34(13-12-33)26(36)18(2)29-24(35)22-6-3-14-40-22/h3,6-8,14,16-18,30H,4-5,9-13,15H2,1-2H3,(H,29,35)(H,37,38)/t17?,18-/m1/s1. The van der Waals surface area contributed by atoms with Crippen molar-refractivity contribution >= 4 is 17.9 Å². The zero-order valence-corrected chi connectivity index (χ0v) is 22.8. The van der Waals surface area contributed by atoms with Crippen LogP contribution in [-0.4, -0.2) is 88.3 Å². The molecule has 1 aliphatic rings. The predicted octanol–water partition coefficient (Wildman–Crippen LogP) is 2.92. The molecule has 41 heavy (non-hydrogen) atoms. The number of carbonyl (C=O) groups excluding carboxylic acids is 2. The van der Waals surface area contributed by atoms with Crippen LogP contribution in [0.15, 0.2) is 45.5 Å². The van der Waals surface area contributed by atoms with E-state index in [0.29, 0.717) is 38.4 Å². The average molecular weight is 573 g/mol. The largest absolute Gasteiger partial charge is 0.493 e. The second-order valence-corrected chi connectivity index (χ2v) is 9.66. The summed E-state index contributed by atoms with van der Waals surface area (Å²) in [6, 6.07) is 6.08. The summed E-state index contributed by atoms with van der Waals surface area (Å²) in [5.74, 6) is -0.610. The van der Waals surface area contributed by atoms with Crippen molar-refractivity contribution in [3.63, 3.8) is 0 Å². The number of aromatic nitrogens is 2. The first-order chi connectivity index (χ1) is 19.7. The summed E-state index contributed by atoms with van der Waals surface area (Å²) in [5.41, 5.74) is 0.105. The summed E-state index contributed by atoms with van der Waals surface area (Å²) in [6.07, 6.45) is 1.68. The number of carbonyl (C=O) groups is 3. The molecular weight excluding hydrogens is 539 g/mol. The second kappa shape index (κ2) is 13.7. The second-order valence-electron chi connectivity index (χ2n) is 9.66. The molecule has 0 bridgehead atoms. The van der Waals surface area contributed by atoms with Crippen molar-refractivity contribution in [1.82, 2.24) is 30.6 Å². The number of ether oxygens (including phenoxy) is 1. The minimum atomic E-state index is -1.24. The molecule has 3 aromatic rings. The number of nitrogens with one attached hydrogen (secondary N) is 2. The van der Waals surface area contributed by atoms with E-state index in [-0.39, 0.29) is 28.9 Å². The molecule has 1 fully saturated rings. The lowest BCUT2D eigenvalue weighted by molar-refractivity contribution is -0.132. The molecule has 2 aromatic heterocycles. The third-order valence-corrected chi connectivity index (χ3v) is 6.58. The van der Waals surface area contributed by atoms with E-state index in [1.807, 2.05) is 0 Å². The molecule has 3 amide bonds. The van der Waals surface area contributed by atoms with Crippen LogP contribution in [0.2, 0.25) is 0 Å². The first kappa shape index (κ1) is 29.5. The Labute approximate surface area is 235 Å². The van der Waals surface area contributed by atoms with Crippen molar-refractivity contribution in [3.05, 3.63) is 54.1 Å². The molecule has 2 atom stereocenters. The van der Waals surface area contributed by atoms with Gasteiger partial charge >= 0.3 is 6.09 Å². The van der Waals surface area contributed by atoms with E-state index in [4.69, 9.17) is 18.8 Å². The lowest BCUT2D eigenvalue weighted by Crippen LogP contribution is -2.48. The molecule has 0 saturated carbocycles. The van der Waals surface area contributed by atoms with Gasteiger partial charge in [-0.05, 0) is 57.5 Å². The fourth-order valence-electron chi connectivity index (χ4n) is 4.44. The van der Waals surface area contributed by atoms with Crippen LogP contribution in [-0.2, 0) is 4.79 Å². The molecule has 1 aromatic carbocycles. The molecule has 14 heteroatoms. The zero-order chi connectivity index (χ0) is 29.4. The van der Waals surface area contributed by atoms with E-state index in [9.17, 15) is 18.8 Å². The zero-order valence-electron chi connectivity index (χ0n) is 22.8. The van der Waals surface area contributed by atoms with Gasteiger partial charge in [0.1, 0.15) is 23.7 Å². The van der Waals surface area contributed by atoms with Crippen molar-refractivity contribution < 1.29 is 37.6 Å². The Morgan fingerprint density at radius 1 is 1.15 bits per heavy atom. The number of halogens is 1. The van der Waals surface area contributed by atoms with Gasteiger partial charge in [-0.2, -0.15) is 4.98 Å². The highest BCUT2D eigenvalue weighted by atomic mass is 19.1. The molecule has 0 radical (unpaired) electrons. The monoisotopic (exact) mass is 572 g/mol. The van der Waals surface area contributed by atoms with E-state index < -0.39 is 29.9 Å². The molecule has 1 aliphatic heterocycles. The third-order valence-electron chi connectivity index (χ3n) is 6.58. The highest BCUT2D eigenvalue weighted by molar-refractivity contribution is 5.95. The Balaban J connectivity index is 1.19. The third kappa shape index (κ3) is 8.03. The number of hydrogen-bond acceptors (Lipinski definition) is 9. The normalized spacial score (nSPS) is 15.5. The maximum Gasteiger partial charge on any atom is 0.405 e. The molecular formula is C27H33FN6O7. The molecule has 0 spiro atoms. The van der Waals surface area contributed by atoms with E-state index in [1.165, 1.54) is 25.3 Å². The molecule has 220 valence electrons. The van der Waals surface area contributed by atoms with Gasteiger partial charge < -0.3 is 39.2 Å². The number of rotatable bonds is 11. The summed E-state index contributed by atoms with van der Waals surface area (Å²) < 4.78 is 30.6. The molecule has 4 rings (SSSR count). The Morgan fingerprint density at radius 2 is 1.98 bits per heavy atom. The van der Waals surface area contributed by atoms with Gasteiger partial charge in [0, 0.05) is 32.2 Å². The molecule has 3 N–H and O–H groups in total. The Hall–Kier alpha value is -4.46. The highest BCUT2D eigenvalue weighted by Gasteiger charge is 2.25. The Kier molecular flexibility index (Phi) is 9.90. The van der Waals surface area contributed by atoms with Gasteiger partial charge in [0.15, 0.2) is 5.76 Å². The lowest BCUT2D eigenvalue weighted by Gasteiger charge is -2.25. The highest BCUT2D eigenvalue weighted by Crippen LogP contribution is 2.25. The minimum absolute atomic E-state index is 0.00563. The number of furan rings is 1. The fraction of sp³-hybridized carbons (Fsp3) is 0.444. The molecule has 1 saturated heterocycles. The SMILES string of the molecule is CC(NC(=O)O)c1nc(-c2ccc(OCCCN3CCCN(C(=O)[C@@H](C)NC(=O)c4ccco4)CC3)cc2F)no1. The first-order valence-corrected chi connectivity index (χ1v) is 13.3. The first-order valence-electron chi connectivity index (χ1n) is 13.3. The maximum absolute atomic E-state index is 14.7. The van der Waals surface area contributed by atoms with Gasteiger partial charge in [-0.25, -0.2) is 9.18 Å². The van der Waals surface area contributed by atoms with Crippen LogP contribution in [0.5, 0.6) is 5.75 Å². The van der Waals surface area contributed by atoms with Crippen molar-refractivity contribution in [2.45, 2.75) is 38.8 Å². The number of carboxylic acid groups (broad SMARTS) is 1. The van der Waals surface area contributed by atoms with Crippen LogP contribution < -0.4 is 15.4 Å². The molecule has 13 nitrogen and oxygen atoms in total.